The van der Waals surface area contributed by atoms with Crippen molar-refractivity contribution in [3.8, 4) is 5.75 Å². The predicted molar refractivity (Wildman–Crippen MR) is 134 cm³/mol. The Hall–Kier alpha value is -4.27. The van der Waals surface area contributed by atoms with Gasteiger partial charge in [-0.1, -0.05) is 32.9 Å². The average molecular weight is 474 g/mol. The molecule has 0 bridgehead atoms. The van der Waals surface area contributed by atoms with Crippen molar-refractivity contribution in [3.05, 3.63) is 92.5 Å². The molecule has 0 unspecified atom stereocenters. The van der Waals surface area contributed by atoms with Gasteiger partial charge in [0, 0.05) is 41.9 Å². The summed E-state index contributed by atoms with van der Waals surface area (Å²) in [5, 5.41) is 2.94. The molecule has 2 N–H and O–H groups in total. The van der Waals surface area contributed by atoms with Crippen LogP contribution in [-0.4, -0.2) is 25.4 Å². The van der Waals surface area contributed by atoms with Crippen LogP contribution in [0.15, 0.2) is 64.4 Å². The first-order chi connectivity index (χ1) is 16.9. The standard InChI is InChI=1S/C26H27N5O4/c1-4-11-31-23-22(25(33)30-26(31)34)20(13-21(29-23)16(2)3)24(32)28-18-8-5-9-19(12-18)35-15-17-7-6-10-27-14-17/h5-10,12-14,16H,4,11,15H2,1-3H3,(H,28,32)(H,30,33,34). The second-order valence-electron chi connectivity index (χ2n) is 8.49. The highest BCUT2D eigenvalue weighted by atomic mass is 16.5. The lowest BCUT2D eigenvalue weighted by atomic mass is 10.0. The van der Waals surface area contributed by atoms with Gasteiger partial charge in [-0.3, -0.25) is 24.1 Å². The van der Waals surface area contributed by atoms with E-state index in [-0.39, 0.29) is 22.5 Å². The minimum Gasteiger partial charge on any atom is -0.489 e. The highest BCUT2D eigenvalue weighted by molar-refractivity contribution is 6.11. The Morgan fingerprint density at radius 2 is 2.00 bits per heavy atom. The van der Waals surface area contributed by atoms with Gasteiger partial charge < -0.3 is 10.1 Å². The summed E-state index contributed by atoms with van der Waals surface area (Å²) in [6, 6.07) is 12.4. The fourth-order valence-corrected chi connectivity index (χ4v) is 3.71. The Morgan fingerprint density at radius 1 is 1.17 bits per heavy atom. The number of aromatic amines is 1. The lowest BCUT2D eigenvalue weighted by Crippen LogP contribution is -2.32. The Labute approximate surface area is 201 Å². The number of carbonyl (C=O) groups excluding carboxylic acids is 1. The summed E-state index contributed by atoms with van der Waals surface area (Å²) in [6.07, 6.45) is 4.09. The van der Waals surface area contributed by atoms with Crippen LogP contribution in [0.2, 0.25) is 0 Å². The molecule has 4 rings (SSSR count). The van der Waals surface area contributed by atoms with E-state index in [4.69, 9.17) is 4.74 Å². The number of ether oxygens (including phenoxy) is 1. The molecule has 35 heavy (non-hydrogen) atoms. The molecule has 0 aliphatic heterocycles. The smallest absolute Gasteiger partial charge is 0.329 e. The number of anilines is 1. The van der Waals surface area contributed by atoms with Crippen molar-refractivity contribution in [1.82, 2.24) is 19.5 Å². The molecule has 0 radical (unpaired) electrons. The lowest BCUT2D eigenvalue weighted by Gasteiger charge is -2.15. The van der Waals surface area contributed by atoms with Crippen molar-refractivity contribution in [1.29, 1.82) is 0 Å². The van der Waals surface area contributed by atoms with Crippen molar-refractivity contribution < 1.29 is 9.53 Å². The summed E-state index contributed by atoms with van der Waals surface area (Å²) in [5.74, 6) is 0.0827. The second kappa shape index (κ2) is 10.3. The van der Waals surface area contributed by atoms with E-state index in [1.807, 2.05) is 32.9 Å². The number of rotatable bonds is 8. The number of benzene rings is 1. The first-order valence-electron chi connectivity index (χ1n) is 11.5. The molecule has 1 aromatic carbocycles. The van der Waals surface area contributed by atoms with E-state index in [0.717, 1.165) is 5.56 Å². The third kappa shape index (κ3) is 5.29. The van der Waals surface area contributed by atoms with Crippen LogP contribution < -0.4 is 21.3 Å². The molecule has 0 saturated carbocycles. The van der Waals surface area contributed by atoms with Gasteiger partial charge in [0.2, 0.25) is 0 Å². The monoisotopic (exact) mass is 473 g/mol. The molecule has 4 aromatic rings. The maximum atomic E-state index is 13.4. The maximum absolute atomic E-state index is 13.4. The Morgan fingerprint density at radius 3 is 2.71 bits per heavy atom. The number of hydrogen-bond acceptors (Lipinski definition) is 6. The van der Waals surface area contributed by atoms with Crippen LogP contribution in [0.25, 0.3) is 11.0 Å². The molecule has 0 aliphatic carbocycles. The van der Waals surface area contributed by atoms with E-state index >= 15 is 0 Å². The number of H-pyrrole nitrogens is 1. The number of nitrogens with zero attached hydrogens (tertiary/aromatic N) is 3. The molecule has 9 nitrogen and oxygen atoms in total. The van der Waals surface area contributed by atoms with E-state index in [1.165, 1.54) is 4.57 Å². The minimum absolute atomic E-state index is 0.0142. The number of hydrogen-bond donors (Lipinski definition) is 2. The van der Waals surface area contributed by atoms with Crippen molar-refractivity contribution in [2.45, 2.75) is 46.3 Å². The van der Waals surface area contributed by atoms with Crippen LogP contribution in [0.5, 0.6) is 5.75 Å². The highest BCUT2D eigenvalue weighted by Crippen LogP contribution is 2.23. The zero-order chi connectivity index (χ0) is 24.9. The molecule has 3 aromatic heterocycles. The van der Waals surface area contributed by atoms with Crippen LogP contribution in [-0.2, 0) is 13.2 Å². The first kappa shape index (κ1) is 23.9. The third-order valence-electron chi connectivity index (χ3n) is 5.47. The van der Waals surface area contributed by atoms with E-state index in [9.17, 15) is 14.4 Å². The third-order valence-corrected chi connectivity index (χ3v) is 5.47. The van der Waals surface area contributed by atoms with Crippen LogP contribution >= 0.6 is 0 Å². The summed E-state index contributed by atoms with van der Waals surface area (Å²) in [6.45, 7) is 6.51. The van der Waals surface area contributed by atoms with Crippen LogP contribution in [0.1, 0.15) is 54.7 Å². The van der Waals surface area contributed by atoms with E-state index in [1.54, 1.807) is 42.7 Å². The number of fused-ring (bicyclic) bond motifs is 1. The molecular formula is C26H27N5O4. The first-order valence-corrected chi connectivity index (χ1v) is 11.5. The molecule has 9 heteroatoms. The van der Waals surface area contributed by atoms with Gasteiger partial charge >= 0.3 is 5.69 Å². The minimum atomic E-state index is -0.640. The maximum Gasteiger partial charge on any atom is 0.329 e. The Balaban J connectivity index is 1.69. The van der Waals surface area contributed by atoms with E-state index < -0.39 is 17.2 Å². The van der Waals surface area contributed by atoms with Crippen molar-refractivity contribution in [3.63, 3.8) is 0 Å². The number of carbonyl (C=O) groups is 1. The molecule has 0 saturated heterocycles. The molecule has 0 atom stereocenters. The Kier molecular flexibility index (Phi) is 7.05. The number of amides is 1. The second-order valence-corrected chi connectivity index (χ2v) is 8.49. The fourth-order valence-electron chi connectivity index (χ4n) is 3.71. The molecule has 3 heterocycles. The number of aryl methyl sites for hydroxylation is 1. The predicted octanol–water partition coefficient (Wildman–Crippen LogP) is 3.84. The summed E-state index contributed by atoms with van der Waals surface area (Å²) in [5.41, 5.74) is 1.24. The zero-order valence-electron chi connectivity index (χ0n) is 19.9. The average Bonchev–Trinajstić information content (AvgIpc) is 2.85. The largest absolute Gasteiger partial charge is 0.489 e. The highest BCUT2D eigenvalue weighted by Gasteiger charge is 2.20. The molecule has 180 valence electrons. The van der Waals surface area contributed by atoms with Crippen LogP contribution in [0.4, 0.5) is 5.69 Å². The van der Waals surface area contributed by atoms with Gasteiger partial charge in [-0.25, -0.2) is 9.78 Å². The number of nitrogens with one attached hydrogen (secondary N) is 2. The molecule has 0 spiro atoms. The van der Waals surface area contributed by atoms with Gasteiger partial charge in [0.25, 0.3) is 11.5 Å². The van der Waals surface area contributed by atoms with E-state index in [2.05, 4.69) is 20.3 Å². The molecule has 1 amide bonds. The lowest BCUT2D eigenvalue weighted by molar-refractivity contribution is 0.102. The molecule has 0 fully saturated rings. The van der Waals surface area contributed by atoms with Crippen LogP contribution in [0.3, 0.4) is 0 Å². The van der Waals surface area contributed by atoms with E-state index in [0.29, 0.717) is 36.7 Å². The quantitative estimate of drug-likeness (QED) is 0.401. The summed E-state index contributed by atoms with van der Waals surface area (Å²) >= 11 is 0. The van der Waals surface area contributed by atoms with Gasteiger partial charge in [-0.05, 0) is 36.6 Å². The van der Waals surface area contributed by atoms with Crippen molar-refractivity contribution in [2.24, 2.45) is 0 Å². The molecular weight excluding hydrogens is 446 g/mol. The van der Waals surface area contributed by atoms with Crippen molar-refractivity contribution in [2.75, 3.05) is 5.32 Å². The summed E-state index contributed by atoms with van der Waals surface area (Å²) in [7, 11) is 0. The van der Waals surface area contributed by atoms with Gasteiger partial charge in [0.05, 0.1) is 10.9 Å². The topological polar surface area (TPSA) is 119 Å². The van der Waals surface area contributed by atoms with Gasteiger partial charge in [-0.2, -0.15) is 0 Å². The zero-order valence-corrected chi connectivity index (χ0v) is 19.9. The SMILES string of the molecule is CCCn1c(=O)[nH]c(=O)c2c(C(=O)Nc3cccc(OCc4cccnc4)c3)cc(C(C)C)nc21. The Bertz CT molecular complexity index is 1480. The molecule has 0 aliphatic rings. The van der Waals surface area contributed by atoms with Crippen LogP contribution in [0, 0.1) is 0 Å². The van der Waals surface area contributed by atoms with Crippen molar-refractivity contribution >= 4 is 22.6 Å². The van der Waals surface area contributed by atoms with Gasteiger partial charge in [-0.15, -0.1) is 0 Å². The van der Waals surface area contributed by atoms with Gasteiger partial charge in [0.1, 0.15) is 12.4 Å². The van der Waals surface area contributed by atoms with Gasteiger partial charge in [0.15, 0.2) is 5.65 Å². The number of pyridine rings is 2. The number of aromatic nitrogens is 4. The normalized spacial score (nSPS) is 11.1. The summed E-state index contributed by atoms with van der Waals surface area (Å²) < 4.78 is 7.23. The fraction of sp³-hybridized carbons (Fsp3) is 0.269. The summed E-state index contributed by atoms with van der Waals surface area (Å²) in [4.78, 5) is 49.6.